The monoisotopic (exact) mass is 234 g/mol. The normalized spacial score (nSPS) is 15.1. The molecule has 0 aromatic carbocycles. The van der Waals surface area contributed by atoms with Crippen molar-refractivity contribution in [3.63, 3.8) is 0 Å². The zero-order chi connectivity index (χ0) is 12.0. The van der Waals surface area contributed by atoms with Crippen molar-refractivity contribution in [1.29, 1.82) is 0 Å². The second-order valence-corrected chi connectivity index (χ2v) is 4.03. The molecule has 17 heavy (non-hydrogen) atoms. The number of aromatic carboxylic acids is 1. The Morgan fingerprint density at radius 1 is 1.41 bits per heavy atom. The number of fused-ring (bicyclic) bond motifs is 1. The molecule has 1 aliphatic rings. The minimum atomic E-state index is -1.11. The van der Waals surface area contributed by atoms with Gasteiger partial charge in [0.1, 0.15) is 0 Å². The lowest BCUT2D eigenvalue weighted by Crippen LogP contribution is -2.05. The number of nitrogens with zero attached hydrogens (tertiary/aromatic N) is 3. The Kier molecular flexibility index (Phi) is 1.94. The molecular weight excluding hydrogens is 224 g/mol. The lowest BCUT2D eigenvalue weighted by molar-refractivity contribution is 0.0691. The molecule has 0 saturated heterocycles. The van der Waals surface area contributed by atoms with E-state index in [1.165, 1.54) is 16.8 Å². The molecule has 2 heterocycles. The third kappa shape index (κ3) is 1.75. The van der Waals surface area contributed by atoms with E-state index in [0.717, 1.165) is 12.8 Å². The molecule has 2 aromatic heterocycles. The number of carbonyl (C=O) groups is 1. The van der Waals surface area contributed by atoms with Crippen LogP contribution in [0, 0.1) is 0 Å². The minimum Gasteiger partial charge on any atom is -0.492 e. The molecule has 7 heteroatoms. The van der Waals surface area contributed by atoms with Crippen LogP contribution in [0.2, 0.25) is 0 Å². The van der Waals surface area contributed by atoms with E-state index >= 15 is 0 Å². The molecule has 0 aliphatic heterocycles. The minimum absolute atomic E-state index is 0.0729. The quantitative estimate of drug-likeness (QED) is 0.723. The fraction of sp³-hybridized carbons (Fsp3) is 0.300. The molecule has 0 unspecified atom stereocenters. The maximum atomic E-state index is 10.8. The number of carboxylic acids is 1. The van der Waals surface area contributed by atoms with Gasteiger partial charge in [-0.25, -0.2) is 9.78 Å². The van der Waals surface area contributed by atoms with Crippen molar-refractivity contribution in [1.82, 2.24) is 14.4 Å². The first-order valence-corrected chi connectivity index (χ1v) is 5.22. The van der Waals surface area contributed by atoms with Gasteiger partial charge in [0.05, 0.1) is 6.20 Å². The Morgan fingerprint density at radius 2 is 2.18 bits per heavy atom. The Balaban J connectivity index is 2.14. The highest BCUT2D eigenvalue weighted by atomic mass is 16.4. The fourth-order valence-corrected chi connectivity index (χ4v) is 1.61. The fourth-order valence-electron chi connectivity index (χ4n) is 1.61. The zero-order valence-corrected chi connectivity index (χ0v) is 8.79. The van der Waals surface area contributed by atoms with Gasteiger partial charge in [0.25, 0.3) is 0 Å². The summed E-state index contributed by atoms with van der Waals surface area (Å²) in [6.45, 7) is 0. The van der Waals surface area contributed by atoms with Crippen LogP contribution in [-0.2, 0) is 0 Å². The largest absolute Gasteiger partial charge is 0.492 e. The molecule has 1 saturated carbocycles. The van der Waals surface area contributed by atoms with Gasteiger partial charge >= 0.3 is 5.97 Å². The van der Waals surface area contributed by atoms with Crippen LogP contribution in [0.25, 0.3) is 5.65 Å². The van der Waals surface area contributed by atoms with E-state index in [2.05, 4.69) is 15.3 Å². The van der Waals surface area contributed by atoms with Gasteiger partial charge in [0.2, 0.25) is 5.88 Å². The van der Waals surface area contributed by atoms with E-state index in [1.54, 1.807) is 0 Å². The highest BCUT2D eigenvalue weighted by Crippen LogP contribution is 2.27. The summed E-state index contributed by atoms with van der Waals surface area (Å²) in [5.41, 5.74) is 0.336. The summed E-state index contributed by atoms with van der Waals surface area (Å²) in [4.78, 5) is 18.7. The molecule has 3 N–H and O–H groups in total. The van der Waals surface area contributed by atoms with Gasteiger partial charge in [-0.2, -0.15) is 4.98 Å². The molecule has 0 spiro atoms. The summed E-state index contributed by atoms with van der Waals surface area (Å²) in [6, 6.07) is 0.345. The zero-order valence-electron chi connectivity index (χ0n) is 8.79. The number of anilines is 1. The molecule has 1 aliphatic carbocycles. The Bertz CT molecular complexity index is 603. The summed E-state index contributed by atoms with van der Waals surface area (Å²) >= 11 is 0. The summed E-state index contributed by atoms with van der Waals surface area (Å²) < 4.78 is 1.45. The van der Waals surface area contributed by atoms with E-state index in [-0.39, 0.29) is 11.6 Å². The molecule has 0 bridgehead atoms. The van der Waals surface area contributed by atoms with Crippen LogP contribution >= 0.6 is 0 Å². The number of rotatable bonds is 3. The third-order valence-electron chi connectivity index (χ3n) is 2.56. The average molecular weight is 234 g/mol. The summed E-state index contributed by atoms with van der Waals surface area (Å²) in [5.74, 6) is -0.861. The number of hydrogen-bond donors (Lipinski definition) is 3. The van der Waals surface area contributed by atoms with Gasteiger partial charge in [-0.3, -0.25) is 4.40 Å². The molecular formula is C10H10N4O3. The summed E-state index contributed by atoms with van der Waals surface area (Å²) in [5, 5.41) is 21.4. The number of aromatic nitrogens is 3. The molecule has 1 fully saturated rings. The smallest absolute Gasteiger partial charge is 0.356 e. The van der Waals surface area contributed by atoms with Crippen LogP contribution in [0.4, 0.5) is 5.82 Å². The number of carboxylic acid groups (broad SMARTS) is 1. The van der Waals surface area contributed by atoms with Gasteiger partial charge in [-0.1, -0.05) is 0 Å². The molecule has 3 rings (SSSR count). The second-order valence-electron chi connectivity index (χ2n) is 4.03. The maximum Gasteiger partial charge on any atom is 0.356 e. The van der Waals surface area contributed by atoms with Gasteiger partial charge in [-0.15, -0.1) is 0 Å². The van der Waals surface area contributed by atoms with Gasteiger partial charge in [-0.05, 0) is 12.8 Å². The van der Waals surface area contributed by atoms with Crippen LogP contribution in [-0.4, -0.2) is 36.6 Å². The molecule has 0 radical (unpaired) electrons. The van der Waals surface area contributed by atoms with Crippen LogP contribution in [0.3, 0.4) is 0 Å². The SMILES string of the molecule is O=C(O)c1cn2cc(O)nc(NC3CC3)c2n1. The molecule has 88 valence electrons. The van der Waals surface area contributed by atoms with Crippen LogP contribution in [0.1, 0.15) is 23.3 Å². The van der Waals surface area contributed by atoms with Crippen LogP contribution in [0.5, 0.6) is 5.88 Å². The molecule has 0 atom stereocenters. The highest BCUT2D eigenvalue weighted by molar-refractivity contribution is 5.87. The van der Waals surface area contributed by atoms with Gasteiger partial charge in [0, 0.05) is 12.2 Å². The standard InChI is InChI=1S/C10H10N4O3/c15-7-4-14-3-6(10(16)17)12-9(14)8(13-7)11-5-1-2-5/h3-5,15H,1-2H2,(H,11,13)(H,16,17). The van der Waals surface area contributed by atoms with E-state index in [9.17, 15) is 9.90 Å². The van der Waals surface area contributed by atoms with E-state index < -0.39 is 5.97 Å². The molecule has 2 aromatic rings. The van der Waals surface area contributed by atoms with E-state index in [0.29, 0.717) is 17.5 Å². The van der Waals surface area contributed by atoms with E-state index in [1.807, 2.05) is 0 Å². The first-order chi connectivity index (χ1) is 8.13. The first kappa shape index (κ1) is 9.88. The van der Waals surface area contributed by atoms with Crippen molar-refractivity contribution < 1.29 is 15.0 Å². The predicted molar refractivity (Wildman–Crippen MR) is 58.3 cm³/mol. The number of imidazole rings is 1. The molecule has 7 nitrogen and oxygen atoms in total. The Hall–Kier alpha value is -2.31. The number of aromatic hydroxyl groups is 1. The average Bonchev–Trinajstić information content (AvgIpc) is 2.94. The van der Waals surface area contributed by atoms with Gasteiger partial charge in [0.15, 0.2) is 17.2 Å². The number of nitrogens with one attached hydrogen (secondary N) is 1. The van der Waals surface area contributed by atoms with E-state index in [4.69, 9.17) is 5.11 Å². The predicted octanol–water partition coefficient (Wildman–Crippen LogP) is 0.707. The Morgan fingerprint density at radius 3 is 2.82 bits per heavy atom. The third-order valence-corrected chi connectivity index (χ3v) is 2.56. The maximum absolute atomic E-state index is 10.8. The summed E-state index contributed by atoms with van der Waals surface area (Å²) in [7, 11) is 0. The lowest BCUT2D eigenvalue weighted by atomic mass is 10.5. The topological polar surface area (TPSA) is 99.8 Å². The number of hydrogen-bond acceptors (Lipinski definition) is 5. The van der Waals surface area contributed by atoms with Crippen molar-refractivity contribution in [3.05, 3.63) is 18.1 Å². The van der Waals surface area contributed by atoms with Crippen LogP contribution in [0.15, 0.2) is 12.4 Å². The van der Waals surface area contributed by atoms with Crippen molar-refractivity contribution in [2.75, 3.05) is 5.32 Å². The second kappa shape index (κ2) is 3.34. The van der Waals surface area contributed by atoms with Crippen molar-refractivity contribution in [2.24, 2.45) is 0 Å². The molecule has 0 amide bonds. The summed E-state index contributed by atoms with van der Waals surface area (Å²) in [6.07, 6.45) is 4.77. The van der Waals surface area contributed by atoms with Crippen LogP contribution < -0.4 is 5.32 Å². The van der Waals surface area contributed by atoms with Crippen molar-refractivity contribution in [3.8, 4) is 5.88 Å². The van der Waals surface area contributed by atoms with Crippen molar-refractivity contribution in [2.45, 2.75) is 18.9 Å². The first-order valence-electron chi connectivity index (χ1n) is 5.22. The highest BCUT2D eigenvalue weighted by Gasteiger charge is 2.23. The van der Waals surface area contributed by atoms with Gasteiger partial charge < -0.3 is 15.5 Å². The van der Waals surface area contributed by atoms with Crippen molar-refractivity contribution >= 4 is 17.4 Å². The lowest BCUT2D eigenvalue weighted by Gasteiger charge is -2.05. The Labute approximate surface area is 95.7 Å².